The average molecular weight is 396 g/mol. The van der Waals surface area contributed by atoms with Crippen LogP contribution in [0.1, 0.15) is 5.82 Å². The number of thiazole rings is 1. The van der Waals surface area contributed by atoms with Crippen LogP contribution < -0.4 is 15.6 Å². The Morgan fingerprint density at radius 1 is 1.18 bits per heavy atom. The lowest BCUT2D eigenvalue weighted by atomic mass is 10.2. The number of benzene rings is 2. The van der Waals surface area contributed by atoms with Gasteiger partial charge in [-0.3, -0.25) is 14.9 Å². The molecule has 8 nitrogen and oxygen atoms in total. The second kappa shape index (κ2) is 7.75. The highest BCUT2D eigenvalue weighted by Gasteiger charge is 2.10. The Hall–Kier alpha value is -3.30. The molecular formula is C19H16N4O4S. The number of hydrogen-bond acceptors (Lipinski definition) is 7. The molecule has 142 valence electrons. The second-order valence-corrected chi connectivity index (χ2v) is 6.95. The summed E-state index contributed by atoms with van der Waals surface area (Å²) in [5.41, 5.74) is 1.12. The molecule has 0 aliphatic rings. The van der Waals surface area contributed by atoms with Crippen molar-refractivity contribution in [3.63, 3.8) is 0 Å². The molecule has 2 N–H and O–H groups in total. The van der Waals surface area contributed by atoms with E-state index in [0.717, 1.165) is 16.0 Å². The zero-order chi connectivity index (χ0) is 19.5. The first kappa shape index (κ1) is 18.1. The third-order valence-corrected chi connectivity index (χ3v) is 4.91. The fraction of sp³-hybridized carbons (Fsp3) is 0.158. The summed E-state index contributed by atoms with van der Waals surface area (Å²) in [7, 11) is 1.60. The number of nitrogens with one attached hydrogen (secondary N) is 2. The predicted molar refractivity (Wildman–Crippen MR) is 107 cm³/mol. The lowest BCUT2D eigenvalue weighted by molar-refractivity contribution is -0.121. The summed E-state index contributed by atoms with van der Waals surface area (Å²) in [6.45, 7) is -0.166. The summed E-state index contributed by atoms with van der Waals surface area (Å²) in [5.74, 6) is 0.756. The molecule has 2 heterocycles. The maximum atomic E-state index is 12.1. The topological polar surface area (TPSA) is 106 Å². The molecule has 4 rings (SSSR count). The summed E-state index contributed by atoms with van der Waals surface area (Å²) < 4.78 is 11.5. The fourth-order valence-electron chi connectivity index (χ4n) is 2.68. The number of H-pyrrole nitrogens is 1. The average Bonchev–Trinajstić information content (AvgIpc) is 3.09. The van der Waals surface area contributed by atoms with Gasteiger partial charge >= 0.3 is 0 Å². The summed E-state index contributed by atoms with van der Waals surface area (Å²) in [5, 5.41) is 3.70. The molecule has 0 atom stereocenters. The van der Waals surface area contributed by atoms with Crippen LogP contribution in [-0.2, 0) is 16.1 Å². The van der Waals surface area contributed by atoms with Crippen molar-refractivity contribution >= 4 is 43.5 Å². The van der Waals surface area contributed by atoms with E-state index in [2.05, 4.69) is 20.3 Å². The highest BCUT2D eigenvalue weighted by Crippen LogP contribution is 2.29. The molecule has 0 unspecified atom stereocenters. The largest absolute Gasteiger partial charge is 0.497 e. The molecule has 4 aromatic rings. The van der Waals surface area contributed by atoms with Crippen LogP contribution in [0, 0.1) is 0 Å². The number of para-hydroxylation sites is 1. The van der Waals surface area contributed by atoms with Crippen LogP contribution in [0.5, 0.6) is 5.75 Å². The van der Waals surface area contributed by atoms with Gasteiger partial charge in [-0.15, -0.1) is 0 Å². The fourth-order valence-corrected chi connectivity index (χ4v) is 3.59. The van der Waals surface area contributed by atoms with Gasteiger partial charge in [0.25, 0.3) is 11.5 Å². The highest BCUT2D eigenvalue weighted by atomic mass is 32.1. The second-order valence-electron chi connectivity index (χ2n) is 5.92. The number of carbonyl (C=O) groups is 1. The zero-order valence-electron chi connectivity index (χ0n) is 14.9. The Kier molecular flexibility index (Phi) is 5.00. The number of methoxy groups -OCH3 is 1. The van der Waals surface area contributed by atoms with Crippen LogP contribution in [0.15, 0.2) is 47.3 Å². The minimum atomic E-state index is -0.339. The minimum Gasteiger partial charge on any atom is -0.497 e. The van der Waals surface area contributed by atoms with E-state index in [4.69, 9.17) is 9.47 Å². The van der Waals surface area contributed by atoms with Crippen molar-refractivity contribution in [1.29, 1.82) is 0 Å². The third kappa shape index (κ3) is 3.85. The van der Waals surface area contributed by atoms with Crippen LogP contribution in [0.2, 0.25) is 0 Å². The van der Waals surface area contributed by atoms with Crippen molar-refractivity contribution in [3.8, 4) is 5.75 Å². The van der Waals surface area contributed by atoms with E-state index in [1.165, 1.54) is 11.3 Å². The molecule has 2 aromatic heterocycles. The SMILES string of the molecule is COc1ccc2nc(NC(=O)COCc3nc4ccccc4c(=O)[nH]3)sc2c1. The van der Waals surface area contributed by atoms with Gasteiger partial charge in [0.1, 0.15) is 24.8 Å². The molecule has 0 saturated heterocycles. The molecule has 0 aliphatic carbocycles. The molecular weight excluding hydrogens is 380 g/mol. The van der Waals surface area contributed by atoms with Crippen molar-refractivity contribution in [3.05, 3.63) is 58.6 Å². The van der Waals surface area contributed by atoms with E-state index in [1.54, 1.807) is 31.4 Å². The lowest BCUT2D eigenvalue weighted by Crippen LogP contribution is -2.19. The van der Waals surface area contributed by atoms with E-state index in [9.17, 15) is 9.59 Å². The summed E-state index contributed by atoms with van der Waals surface area (Å²) >= 11 is 1.35. The number of rotatable bonds is 6. The molecule has 1 amide bonds. The molecule has 9 heteroatoms. The Balaban J connectivity index is 1.36. The van der Waals surface area contributed by atoms with E-state index in [1.807, 2.05) is 18.2 Å². The molecule has 0 fully saturated rings. The number of carbonyl (C=O) groups excluding carboxylic acids is 1. The normalized spacial score (nSPS) is 11.0. The van der Waals surface area contributed by atoms with Crippen LogP contribution in [0.4, 0.5) is 5.13 Å². The van der Waals surface area contributed by atoms with Crippen LogP contribution >= 0.6 is 11.3 Å². The van der Waals surface area contributed by atoms with Gasteiger partial charge in [0.05, 0.1) is 28.2 Å². The maximum absolute atomic E-state index is 12.1. The first-order chi connectivity index (χ1) is 13.6. The Morgan fingerprint density at radius 2 is 2.04 bits per heavy atom. The zero-order valence-corrected chi connectivity index (χ0v) is 15.7. The summed E-state index contributed by atoms with van der Waals surface area (Å²) in [4.78, 5) is 35.5. The maximum Gasteiger partial charge on any atom is 0.258 e. The van der Waals surface area contributed by atoms with Gasteiger partial charge in [-0.25, -0.2) is 9.97 Å². The molecule has 0 bridgehead atoms. The molecule has 2 aromatic carbocycles. The number of aromatic nitrogens is 3. The quantitative estimate of drug-likeness (QED) is 0.519. The molecule has 28 heavy (non-hydrogen) atoms. The molecule has 0 spiro atoms. The molecule has 0 saturated carbocycles. The Morgan fingerprint density at radius 3 is 2.89 bits per heavy atom. The third-order valence-electron chi connectivity index (χ3n) is 3.98. The Bertz CT molecular complexity index is 1220. The number of amides is 1. The van der Waals surface area contributed by atoms with E-state index < -0.39 is 0 Å². The Labute approximate surface area is 163 Å². The molecule has 0 radical (unpaired) electrons. The number of nitrogens with zero attached hydrogens (tertiary/aromatic N) is 2. The minimum absolute atomic E-state index is 0.0184. The number of hydrogen-bond donors (Lipinski definition) is 2. The number of aromatic amines is 1. The smallest absolute Gasteiger partial charge is 0.258 e. The number of fused-ring (bicyclic) bond motifs is 2. The lowest BCUT2D eigenvalue weighted by Gasteiger charge is -2.05. The van der Waals surface area contributed by atoms with Crippen LogP contribution in [0.3, 0.4) is 0 Å². The van der Waals surface area contributed by atoms with Gasteiger partial charge in [-0.1, -0.05) is 23.5 Å². The monoisotopic (exact) mass is 396 g/mol. The van der Waals surface area contributed by atoms with Crippen LogP contribution in [-0.4, -0.2) is 34.6 Å². The van der Waals surface area contributed by atoms with Crippen LogP contribution in [0.25, 0.3) is 21.1 Å². The predicted octanol–water partition coefficient (Wildman–Crippen LogP) is 2.70. The molecule has 0 aliphatic heterocycles. The van der Waals surface area contributed by atoms with Gasteiger partial charge in [-0.05, 0) is 30.3 Å². The summed E-state index contributed by atoms with van der Waals surface area (Å²) in [6, 6.07) is 12.5. The van der Waals surface area contributed by atoms with E-state index in [0.29, 0.717) is 21.9 Å². The van der Waals surface area contributed by atoms with Crippen molar-refractivity contribution in [2.24, 2.45) is 0 Å². The van der Waals surface area contributed by atoms with Gasteiger partial charge in [0.15, 0.2) is 5.13 Å². The summed E-state index contributed by atoms with van der Waals surface area (Å²) in [6.07, 6.45) is 0. The van der Waals surface area contributed by atoms with Crippen molar-refractivity contribution in [2.45, 2.75) is 6.61 Å². The standard InChI is InChI=1S/C19H16N4O4S/c1-26-11-6-7-14-15(8-11)28-19(21-14)23-17(24)10-27-9-16-20-13-5-3-2-4-12(13)18(25)22-16/h2-8H,9-10H2,1H3,(H,20,22,25)(H,21,23,24). The number of ether oxygens (including phenoxy) is 2. The highest BCUT2D eigenvalue weighted by molar-refractivity contribution is 7.22. The van der Waals surface area contributed by atoms with Crippen molar-refractivity contribution in [2.75, 3.05) is 19.0 Å². The van der Waals surface area contributed by atoms with E-state index >= 15 is 0 Å². The first-order valence-electron chi connectivity index (χ1n) is 8.42. The van der Waals surface area contributed by atoms with Crippen molar-refractivity contribution in [1.82, 2.24) is 15.0 Å². The van der Waals surface area contributed by atoms with Gasteiger partial charge in [0.2, 0.25) is 0 Å². The van der Waals surface area contributed by atoms with E-state index in [-0.39, 0.29) is 24.7 Å². The van der Waals surface area contributed by atoms with Gasteiger partial charge in [-0.2, -0.15) is 0 Å². The number of anilines is 1. The van der Waals surface area contributed by atoms with Gasteiger partial charge < -0.3 is 14.5 Å². The first-order valence-corrected chi connectivity index (χ1v) is 9.24. The van der Waals surface area contributed by atoms with Crippen molar-refractivity contribution < 1.29 is 14.3 Å². The van der Waals surface area contributed by atoms with Gasteiger partial charge in [0, 0.05) is 0 Å².